The topological polar surface area (TPSA) is 47.1 Å². The maximum Gasteiger partial charge on any atom is 0.0755 e. The molecule has 0 amide bonds. The second-order valence-corrected chi connectivity index (χ2v) is 3.60. The lowest BCUT2D eigenvalue weighted by Crippen LogP contribution is -2.35. The molecule has 0 spiro atoms. The zero-order valence-corrected chi connectivity index (χ0v) is 7.98. The van der Waals surface area contributed by atoms with Gasteiger partial charge in [0, 0.05) is 32.4 Å². The number of rotatable bonds is 2. The van der Waals surface area contributed by atoms with Gasteiger partial charge in [0.25, 0.3) is 0 Å². The summed E-state index contributed by atoms with van der Waals surface area (Å²) < 4.78 is 1.83. The monoisotopic (exact) mass is 180 g/mol. The molecular weight excluding hydrogens is 164 g/mol. The molecule has 0 saturated carbocycles. The van der Waals surface area contributed by atoms with Crippen LogP contribution in [0.1, 0.15) is 12.8 Å². The third-order valence-corrected chi connectivity index (χ3v) is 2.67. The second-order valence-electron chi connectivity index (χ2n) is 3.60. The minimum atomic E-state index is 0.518. The number of nitrogens with zero attached hydrogens (tertiary/aromatic N) is 3. The van der Waals surface area contributed by atoms with Crippen LogP contribution in [0, 0.1) is 0 Å². The zero-order chi connectivity index (χ0) is 9.26. The van der Waals surface area contributed by atoms with Crippen LogP contribution >= 0.6 is 0 Å². The Morgan fingerprint density at radius 1 is 1.69 bits per heavy atom. The Morgan fingerprint density at radius 3 is 3.15 bits per heavy atom. The van der Waals surface area contributed by atoms with Gasteiger partial charge in [-0.1, -0.05) is 0 Å². The van der Waals surface area contributed by atoms with Crippen molar-refractivity contribution in [1.29, 1.82) is 0 Å². The first-order valence-electron chi connectivity index (χ1n) is 4.76. The van der Waals surface area contributed by atoms with Crippen molar-refractivity contribution in [3.8, 4) is 0 Å². The lowest BCUT2D eigenvalue weighted by molar-refractivity contribution is 0.676. The molecule has 4 heteroatoms. The van der Waals surface area contributed by atoms with Crippen LogP contribution in [0.25, 0.3) is 0 Å². The highest BCUT2D eigenvalue weighted by molar-refractivity contribution is 5.44. The van der Waals surface area contributed by atoms with E-state index < -0.39 is 0 Å². The summed E-state index contributed by atoms with van der Waals surface area (Å²) in [5.74, 6) is 0. The summed E-state index contributed by atoms with van der Waals surface area (Å²) in [4.78, 5) is 2.35. The predicted octanol–water partition coefficient (Wildman–Crippen LogP) is 0.348. The third kappa shape index (κ3) is 1.54. The van der Waals surface area contributed by atoms with Crippen LogP contribution in [0.4, 0.5) is 5.69 Å². The molecule has 0 bridgehead atoms. The van der Waals surface area contributed by atoms with Crippen molar-refractivity contribution >= 4 is 5.69 Å². The second kappa shape index (κ2) is 3.38. The minimum absolute atomic E-state index is 0.518. The molecular formula is C9H16N4. The molecule has 4 nitrogen and oxygen atoms in total. The van der Waals surface area contributed by atoms with E-state index in [1.165, 1.54) is 18.5 Å². The Kier molecular flexibility index (Phi) is 2.22. The summed E-state index contributed by atoms with van der Waals surface area (Å²) in [5.41, 5.74) is 6.90. The molecule has 72 valence electrons. The van der Waals surface area contributed by atoms with Gasteiger partial charge in [0.15, 0.2) is 0 Å². The Morgan fingerprint density at radius 2 is 2.54 bits per heavy atom. The maximum atomic E-state index is 5.70. The Labute approximate surface area is 78.3 Å². The van der Waals surface area contributed by atoms with Gasteiger partial charge in [0.2, 0.25) is 0 Å². The zero-order valence-electron chi connectivity index (χ0n) is 7.98. The van der Waals surface area contributed by atoms with Gasteiger partial charge >= 0.3 is 0 Å². The summed E-state index contributed by atoms with van der Waals surface area (Å²) in [6.07, 6.45) is 6.42. The average molecular weight is 180 g/mol. The first-order chi connectivity index (χ1) is 6.31. The van der Waals surface area contributed by atoms with Crippen LogP contribution in [-0.4, -0.2) is 28.9 Å². The molecule has 0 radical (unpaired) electrons. The molecule has 1 fully saturated rings. The summed E-state index contributed by atoms with van der Waals surface area (Å²) in [6, 6.07) is 0.518. The normalized spacial score (nSPS) is 22.6. The van der Waals surface area contributed by atoms with Crippen molar-refractivity contribution in [3.63, 3.8) is 0 Å². The highest BCUT2D eigenvalue weighted by atomic mass is 15.3. The van der Waals surface area contributed by atoms with Crippen molar-refractivity contribution < 1.29 is 0 Å². The molecule has 2 heterocycles. The summed E-state index contributed by atoms with van der Waals surface area (Å²) in [5, 5.41) is 4.16. The number of hydrogen-bond acceptors (Lipinski definition) is 3. The van der Waals surface area contributed by atoms with Crippen LogP contribution in [0.15, 0.2) is 12.4 Å². The van der Waals surface area contributed by atoms with Gasteiger partial charge in [0.05, 0.1) is 11.9 Å². The number of aromatic nitrogens is 2. The van der Waals surface area contributed by atoms with E-state index in [0.29, 0.717) is 6.04 Å². The standard InChI is InChI=1S/C9H16N4/c1-12-7-9(6-11-12)13-4-2-3-8(13)5-10/h6-8H,2-5,10H2,1H3. The molecule has 1 aromatic rings. The molecule has 13 heavy (non-hydrogen) atoms. The molecule has 1 saturated heterocycles. The molecule has 1 aliphatic heterocycles. The quantitative estimate of drug-likeness (QED) is 0.714. The summed E-state index contributed by atoms with van der Waals surface area (Å²) in [7, 11) is 1.94. The van der Waals surface area contributed by atoms with Gasteiger partial charge in [0.1, 0.15) is 0 Å². The van der Waals surface area contributed by atoms with Gasteiger partial charge < -0.3 is 10.6 Å². The number of aryl methyl sites for hydroxylation is 1. The van der Waals surface area contributed by atoms with E-state index in [-0.39, 0.29) is 0 Å². The van der Waals surface area contributed by atoms with E-state index in [1.54, 1.807) is 0 Å². The van der Waals surface area contributed by atoms with E-state index in [1.807, 2.05) is 24.1 Å². The lowest BCUT2D eigenvalue weighted by Gasteiger charge is -2.23. The summed E-state index contributed by atoms with van der Waals surface area (Å²) in [6.45, 7) is 1.86. The number of hydrogen-bond donors (Lipinski definition) is 1. The van der Waals surface area contributed by atoms with Crippen molar-refractivity contribution in [2.75, 3.05) is 18.0 Å². The highest BCUT2D eigenvalue weighted by Crippen LogP contribution is 2.23. The van der Waals surface area contributed by atoms with Gasteiger partial charge in [-0.25, -0.2) is 0 Å². The third-order valence-electron chi connectivity index (χ3n) is 2.67. The fourth-order valence-electron chi connectivity index (χ4n) is 1.98. The van der Waals surface area contributed by atoms with E-state index >= 15 is 0 Å². The van der Waals surface area contributed by atoms with Crippen LogP contribution in [0.5, 0.6) is 0 Å². The molecule has 0 aliphatic carbocycles. The van der Waals surface area contributed by atoms with Crippen molar-refractivity contribution in [1.82, 2.24) is 9.78 Å². The molecule has 1 unspecified atom stereocenters. The minimum Gasteiger partial charge on any atom is -0.365 e. The Balaban J connectivity index is 2.15. The van der Waals surface area contributed by atoms with Gasteiger partial charge in [-0.2, -0.15) is 5.10 Å². The van der Waals surface area contributed by atoms with E-state index in [4.69, 9.17) is 5.73 Å². The van der Waals surface area contributed by atoms with Crippen LogP contribution in [0.2, 0.25) is 0 Å². The highest BCUT2D eigenvalue weighted by Gasteiger charge is 2.23. The number of nitrogens with two attached hydrogens (primary N) is 1. The van der Waals surface area contributed by atoms with Gasteiger partial charge in [-0.05, 0) is 12.8 Å². The lowest BCUT2D eigenvalue weighted by atomic mass is 10.2. The molecule has 1 aromatic heterocycles. The van der Waals surface area contributed by atoms with Gasteiger partial charge in [-0.3, -0.25) is 4.68 Å². The van der Waals surface area contributed by atoms with Crippen LogP contribution in [0.3, 0.4) is 0 Å². The molecule has 1 atom stereocenters. The molecule has 1 aliphatic rings. The first-order valence-corrected chi connectivity index (χ1v) is 4.76. The fraction of sp³-hybridized carbons (Fsp3) is 0.667. The predicted molar refractivity (Wildman–Crippen MR) is 52.6 cm³/mol. The first kappa shape index (κ1) is 8.56. The largest absolute Gasteiger partial charge is 0.365 e. The van der Waals surface area contributed by atoms with E-state index in [0.717, 1.165) is 13.1 Å². The average Bonchev–Trinajstić information content (AvgIpc) is 2.71. The fourth-order valence-corrected chi connectivity index (χ4v) is 1.98. The van der Waals surface area contributed by atoms with Crippen LogP contribution in [-0.2, 0) is 7.05 Å². The van der Waals surface area contributed by atoms with E-state index in [2.05, 4.69) is 10.00 Å². The smallest absolute Gasteiger partial charge is 0.0755 e. The van der Waals surface area contributed by atoms with E-state index in [9.17, 15) is 0 Å². The molecule has 2 rings (SSSR count). The Bertz CT molecular complexity index is 281. The van der Waals surface area contributed by atoms with Crippen LogP contribution < -0.4 is 10.6 Å². The molecule has 0 aromatic carbocycles. The maximum absolute atomic E-state index is 5.70. The molecule has 2 N–H and O–H groups in total. The number of anilines is 1. The van der Waals surface area contributed by atoms with Crippen molar-refractivity contribution in [2.45, 2.75) is 18.9 Å². The Hall–Kier alpha value is -1.03. The van der Waals surface area contributed by atoms with Gasteiger partial charge in [-0.15, -0.1) is 0 Å². The van der Waals surface area contributed by atoms with Crippen molar-refractivity contribution in [3.05, 3.63) is 12.4 Å². The summed E-state index contributed by atoms with van der Waals surface area (Å²) >= 11 is 0. The SMILES string of the molecule is Cn1cc(N2CCCC2CN)cn1. The van der Waals surface area contributed by atoms with Crippen molar-refractivity contribution in [2.24, 2.45) is 12.8 Å².